The maximum atomic E-state index is 10.2. The number of ether oxygens (including phenoxy) is 1. The lowest BCUT2D eigenvalue weighted by atomic mass is 10.3. The molecule has 0 N–H and O–H groups in total. The van der Waals surface area contributed by atoms with E-state index in [0.29, 0.717) is 5.75 Å². The first-order chi connectivity index (χ1) is 6.24. The molecule has 13 heavy (non-hydrogen) atoms. The van der Waals surface area contributed by atoms with Crippen LogP contribution in [0.3, 0.4) is 0 Å². The Kier molecular flexibility index (Phi) is 5.27. The van der Waals surface area contributed by atoms with Crippen LogP contribution in [-0.4, -0.2) is 12.0 Å². The molecule has 0 unspecified atom stereocenters. The quantitative estimate of drug-likeness (QED) is 0.523. The summed E-state index contributed by atoms with van der Waals surface area (Å²) in [6.45, 7) is 4.00. The minimum Gasteiger partial charge on any atom is -0.497 e. The van der Waals surface area contributed by atoms with E-state index in [9.17, 15) is 10.1 Å². The molecule has 1 rings (SSSR count). The Bertz CT molecular complexity index is 256. The van der Waals surface area contributed by atoms with Gasteiger partial charge in [-0.1, -0.05) is 13.8 Å². The molecule has 0 spiro atoms. The maximum absolute atomic E-state index is 10.2. The molecule has 0 aliphatic carbocycles. The lowest BCUT2D eigenvalue weighted by Gasteiger charge is -1.96. The highest BCUT2D eigenvalue weighted by molar-refractivity contribution is 5.35. The van der Waals surface area contributed by atoms with Crippen molar-refractivity contribution in [2.75, 3.05) is 7.11 Å². The van der Waals surface area contributed by atoms with Crippen LogP contribution in [0.15, 0.2) is 24.3 Å². The van der Waals surface area contributed by atoms with Crippen molar-refractivity contribution < 1.29 is 9.66 Å². The number of benzene rings is 1. The zero-order chi connectivity index (χ0) is 10.3. The fraction of sp³-hybridized carbons (Fsp3) is 0.333. The van der Waals surface area contributed by atoms with Gasteiger partial charge >= 0.3 is 0 Å². The zero-order valence-electron chi connectivity index (χ0n) is 7.98. The van der Waals surface area contributed by atoms with Gasteiger partial charge in [-0.3, -0.25) is 10.1 Å². The van der Waals surface area contributed by atoms with Crippen LogP contribution >= 0.6 is 0 Å². The van der Waals surface area contributed by atoms with Gasteiger partial charge in [0.05, 0.1) is 12.0 Å². The summed E-state index contributed by atoms with van der Waals surface area (Å²) in [7, 11) is 1.52. The van der Waals surface area contributed by atoms with E-state index in [1.165, 1.54) is 19.2 Å². The van der Waals surface area contributed by atoms with E-state index in [0.717, 1.165) is 0 Å². The van der Waals surface area contributed by atoms with Gasteiger partial charge in [0, 0.05) is 12.1 Å². The van der Waals surface area contributed by atoms with E-state index in [-0.39, 0.29) is 5.69 Å². The van der Waals surface area contributed by atoms with Gasteiger partial charge in [0.1, 0.15) is 5.75 Å². The molecule has 4 heteroatoms. The Balaban J connectivity index is 0.000000671. The molecule has 0 heterocycles. The summed E-state index contributed by atoms with van der Waals surface area (Å²) < 4.78 is 4.83. The predicted molar refractivity (Wildman–Crippen MR) is 51.0 cm³/mol. The largest absolute Gasteiger partial charge is 0.497 e. The molecule has 1 aromatic rings. The molecule has 0 atom stereocenters. The molecule has 0 radical (unpaired) electrons. The van der Waals surface area contributed by atoms with Crippen molar-refractivity contribution in [1.82, 2.24) is 0 Å². The minimum absolute atomic E-state index is 0.0748. The van der Waals surface area contributed by atoms with E-state index in [4.69, 9.17) is 4.74 Å². The van der Waals surface area contributed by atoms with Gasteiger partial charge in [0.15, 0.2) is 0 Å². The number of nitrogens with zero attached hydrogens (tertiary/aromatic N) is 1. The standard InChI is InChI=1S/C7H7NO3.C2H6/c1-11-7-4-2-6(3-5-7)8(9)10;1-2/h2-5H,1H3;1-2H3. The van der Waals surface area contributed by atoms with Gasteiger partial charge in [-0.2, -0.15) is 0 Å². The predicted octanol–water partition coefficient (Wildman–Crippen LogP) is 2.63. The van der Waals surface area contributed by atoms with Crippen LogP contribution < -0.4 is 4.74 Å². The van der Waals surface area contributed by atoms with Crippen molar-refractivity contribution in [2.45, 2.75) is 13.8 Å². The lowest BCUT2D eigenvalue weighted by molar-refractivity contribution is -0.384. The molecule has 72 valence electrons. The summed E-state index contributed by atoms with van der Waals surface area (Å²) in [5.41, 5.74) is 0.0748. The van der Waals surface area contributed by atoms with Crippen molar-refractivity contribution >= 4 is 5.69 Å². The monoisotopic (exact) mass is 183 g/mol. The Morgan fingerprint density at radius 3 is 2.00 bits per heavy atom. The van der Waals surface area contributed by atoms with Crippen LogP contribution in [0.4, 0.5) is 5.69 Å². The van der Waals surface area contributed by atoms with Gasteiger partial charge in [-0.25, -0.2) is 0 Å². The molecule has 0 aliphatic heterocycles. The molecule has 1 aromatic carbocycles. The Labute approximate surface area is 77.3 Å². The van der Waals surface area contributed by atoms with Gasteiger partial charge in [-0.05, 0) is 12.1 Å². The van der Waals surface area contributed by atoms with Gasteiger partial charge in [0.25, 0.3) is 5.69 Å². The number of nitro groups is 1. The summed E-state index contributed by atoms with van der Waals surface area (Å²) in [5.74, 6) is 0.621. The van der Waals surface area contributed by atoms with Crippen LogP contribution in [0.25, 0.3) is 0 Å². The third-order valence-electron chi connectivity index (χ3n) is 1.28. The van der Waals surface area contributed by atoms with Gasteiger partial charge in [-0.15, -0.1) is 0 Å². The Hall–Kier alpha value is -1.58. The summed E-state index contributed by atoms with van der Waals surface area (Å²) in [4.78, 5) is 9.72. The summed E-state index contributed by atoms with van der Waals surface area (Å²) in [6, 6.07) is 5.91. The number of rotatable bonds is 2. The second-order valence-corrected chi connectivity index (χ2v) is 1.96. The average Bonchev–Trinajstić information content (AvgIpc) is 2.21. The first-order valence-electron chi connectivity index (χ1n) is 4.02. The first-order valence-corrected chi connectivity index (χ1v) is 4.02. The summed E-state index contributed by atoms with van der Waals surface area (Å²) in [6.07, 6.45) is 0. The first kappa shape index (κ1) is 11.4. The fourth-order valence-electron chi connectivity index (χ4n) is 0.704. The highest BCUT2D eigenvalue weighted by Crippen LogP contribution is 2.16. The maximum Gasteiger partial charge on any atom is 0.269 e. The van der Waals surface area contributed by atoms with Crippen molar-refractivity contribution in [3.63, 3.8) is 0 Å². The smallest absolute Gasteiger partial charge is 0.269 e. The Morgan fingerprint density at radius 1 is 1.23 bits per heavy atom. The molecule has 0 fully saturated rings. The highest BCUT2D eigenvalue weighted by Gasteiger charge is 2.02. The molecule has 0 saturated heterocycles. The zero-order valence-corrected chi connectivity index (χ0v) is 7.98. The highest BCUT2D eigenvalue weighted by atomic mass is 16.6. The van der Waals surface area contributed by atoms with Gasteiger partial charge in [0.2, 0.25) is 0 Å². The number of hydrogen-bond donors (Lipinski definition) is 0. The number of nitro benzene ring substituents is 1. The molecule has 4 nitrogen and oxygen atoms in total. The lowest BCUT2D eigenvalue weighted by Crippen LogP contribution is -1.87. The molecule has 0 bridgehead atoms. The molecular weight excluding hydrogens is 170 g/mol. The number of non-ortho nitro benzene ring substituents is 1. The third kappa shape index (κ3) is 3.55. The topological polar surface area (TPSA) is 52.4 Å². The third-order valence-corrected chi connectivity index (χ3v) is 1.28. The molecule has 0 amide bonds. The number of hydrogen-bond acceptors (Lipinski definition) is 3. The fourth-order valence-corrected chi connectivity index (χ4v) is 0.704. The normalized spacial score (nSPS) is 8.23. The summed E-state index contributed by atoms with van der Waals surface area (Å²) >= 11 is 0. The second-order valence-electron chi connectivity index (χ2n) is 1.96. The van der Waals surface area contributed by atoms with Crippen molar-refractivity contribution in [3.05, 3.63) is 34.4 Å². The van der Waals surface area contributed by atoms with E-state index in [1.54, 1.807) is 12.1 Å². The van der Waals surface area contributed by atoms with Crippen molar-refractivity contribution in [2.24, 2.45) is 0 Å². The van der Waals surface area contributed by atoms with Crippen LogP contribution in [0.2, 0.25) is 0 Å². The minimum atomic E-state index is -0.445. The van der Waals surface area contributed by atoms with E-state index < -0.39 is 4.92 Å². The molecule has 0 aliphatic rings. The van der Waals surface area contributed by atoms with Crippen LogP contribution in [0, 0.1) is 10.1 Å². The van der Waals surface area contributed by atoms with Crippen LogP contribution in [0.5, 0.6) is 5.75 Å². The van der Waals surface area contributed by atoms with Crippen LogP contribution in [-0.2, 0) is 0 Å². The summed E-state index contributed by atoms with van der Waals surface area (Å²) in [5, 5.41) is 10.2. The number of methoxy groups -OCH3 is 1. The molecular formula is C9H13NO3. The van der Waals surface area contributed by atoms with Crippen LogP contribution in [0.1, 0.15) is 13.8 Å². The molecule has 0 saturated carbocycles. The van der Waals surface area contributed by atoms with Gasteiger partial charge < -0.3 is 4.74 Å². The van der Waals surface area contributed by atoms with E-state index in [1.807, 2.05) is 13.8 Å². The van der Waals surface area contributed by atoms with Crippen molar-refractivity contribution in [1.29, 1.82) is 0 Å². The Morgan fingerprint density at radius 2 is 1.69 bits per heavy atom. The van der Waals surface area contributed by atoms with E-state index >= 15 is 0 Å². The second kappa shape index (κ2) is 5.99. The SMILES string of the molecule is CC.COc1ccc([N+](=O)[O-])cc1. The van der Waals surface area contributed by atoms with E-state index in [2.05, 4.69) is 0 Å². The average molecular weight is 183 g/mol. The molecule has 0 aromatic heterocycles. The van der Waals surface area contributed by atoms with Crippen molar-refractivity contribution in [3.8, 4) is 5.75 Å².